The number of hydrogen-bond acceptors (Lipinski definition) is 10. The van der Waals surface area contributed by atoms with Crippen LogP contribution in [-0.4, -0.2) is 98.3 Å². The van der Waals surface area contributed by atoms with E-state index in [1.165, 1.54) is 9.80 Å². The summed E-state index contributed by atoms with van der Waals surface area (Å²) in [6, 6.07) is 25.3. The van der Waals surface area contributed by atoms with Crippen LogP contribution in [-0.2, 0) is 72.2 Å². The molecule has 360 valence electrons. The molecule has 0 spiro atoms. The number of benzene rings is 4. The van der Waals surface area contributed by atoms with Crippen molar-refractivity contribution in [2.45, 2.75) is 123 Å². The Morgan fingerprint density at radius 3 is 1.32 bits per heavy atom. The molecule has 2 aliphatic rings. The second kappa shape index (κ2) is 25.2. The third-order valence-electron chi connectivity index (χ3n) is 10.6. The van der Waals surface area contributed by atoms with Crippen molar-refractivity contribution in [1.82, 2.24) is 20.4 Å². The topological polar surface area (TPSA) is 211 Å². The Hall–Kier alpha value is -5.56. The normalized spacial score (nSPS) is 16.0. The van der Waals surface area contributed by atoms with Crippen LogP contribution in [0.1, 0.15) is 81.8 Å². The van der Waals surface area contributed by atoms with Crippen molar-refractivity contribution in [3.63, 3.8) is 0 Å². The van der Waals surface area contributed by atoms with Crippen LogP contribution in [0.25, 0.3) is 0 Å². The minimum absolute atomic E-state index is 0. The van der Waals surface area contributed by atoms with Crippen LogP contribution in [0.4, 0.5) is 9.59 Å². The Bertz CT molecular complexity index is 2370. The number of nitrogens with one attached hydrogen (secondary N) is 2. The van der Waals surface area contributed by atoms with Gasteiger partial charge < -0.3 is 35.4 Å². The molecule has 4 unspecified atom stereocenters. The van der Waals surface area contributed by atoms with Crippen molar-refractivity contribution in [1.29, 1.82) is 0 Å². The first kappa shape index (κ1) is 56.8. The minimum Gasteiger partial charge on any atom is -0.870 e. The van der Waals surface area contributed by atoms with Crippen LogP contribution in [0.3, 0.4) is 0 Å². The summed E-state index contributed by atoms with van der Waals surface area (Å²) in [6.45, 7) is 12.9. The van der Waals surface area contributed by atoms with Crippen LogP contribution in [0.5, 0.6) is 0 Å². The van der Waals surface area contributed by atoms with Crippen molar-refractivity contribution >= 4 is 59.1 Å². The molecule has 0 saturated heterocycles. The molecule has 6 rings (SSSR count). The van der Waals surface area contributed by atoms with Gasteiger partial charge in [0, 0.05) is 35.7 Å². The smallest absolute Gasteiger partial charge is 0.870 e. The number of carbonyl (C=O) groups is 6. The van der Waals surface area contributed by atoms with E-state index in [9.17, 15) is 33.9 Å². The largest absolute Gasteiger partial charge is 1.00 e. The van der Waals surface area contributed by atoms with Crippen LogP contribution in [0.15, 0.2) is 97.1 Å². The molecule has 2 heterocycles. The summed E-state index contributed by atoms with van der Waals surface area (Å²) in [4.78, 5) is 79.8. The van der Waals surface area contributed by atoms with Gasteiger partial charge in [-0.15, -0.1) is 0 Å². The molecule has 0 aromatic heterocycles. The number of amides is 4. The van der Waals surface area contributed by atoms with Gasteiger partial charge in [0.05, 0.1) is 19.7 Å². The molecule has 0 aliphatic carbocycles. The SMILES string of the molecule is CC(C)(C)OC(=O)N1Cc2ccccc2CC1C(=O)NC(Cc1ccc(Cl)cc1)C(=O)O.CCOC(=O)C(Cc1ccc(Cl)cc1)NC(=O)C1Cc2ccccc2CN1C(=O)OC(C)(C)C.[Li+].[OH-]. The Balaban J connectivity index is 0.000000351. The summed E-state index contributed by atoms with van der Waals surface area (Å²) in [5, 5.41) is 16.2. The van der Waals surface area contributed by atoms with E-state index in [-0.39, 0.29) is 63.3 Å². The number of fused-ring (bicyclic) bond motifs is 2. The third-order valence-corrected chi connectivity index (χ3v) is 11.1. The van der Waals surface area contributed by atoms with Gasteiger partial charge in [-0.25, -0.2) is 19.2 Å². The van der Waals surface area contributed by atoms with Gasteiger partial charge in [0.2, 0.25) is 11.8 Å². The second-order valence-corrected chi connectivity index (χ2v) is 18.9. The van der Waals surface area contributed by atoms with Gasteiger partial charge in [-0.3, -0.25) is 19.4 Å². The first-order valence-electron chi connectivity index (χ1n) is 21.7. The Kier molecular flexibility index (Phi) is 21.0. The van der Waals surface area contributed by atoms with E-state index >= 15 is 0 Å². The third kappa shape index (κ3) is 16.6. The average molecular weight is 970 g/mol. The number of esters is 1. The van der Waals surface area contributed by atoms with Crippen molar-refractivity contribution in [2.75, 3.05) is 6.61 Å². The average Bonchev–Trinajstić information content (AvgIpc) is 3.25. The van der Waals surface area contributed by atoms with Crippen molar-refractivity contribution in [3.05, 3.63) is 140 Å². The fourth-order valence-corrected chi connectivity index (χ4v) is 7.68. The van der Waals surface area contributed by atoms with E-state index in [4.69, 9.17) is 37.4 Å². The predicted octanol–water partition coefficient (Wildman–Crippen LogP) is 4.93. The summed E-state index contributed by atoms with van der Waals surface area (Å²) in [7, 11) is 0. The van der Waals surface area contributed by atoms with Gasteiger partial charge in [0.1, 0.15) is 35.4 Å². The standard InChI is InChI=1S/C26H31ClN2O5.C24H27ClN2O5.Li.H2O/c1-5-33-24(31)21(14-17-10-12-20(27)13-11-17)28-23(30)22-15-18-8-6-7-9-19(18)16-29(22)25(32)34-26(2,3)4;1-24(2,3)32-23(31)27-14-17-7-5-4-6-16(17)13-20(27)21(28)26-19(22(29)30)12-15-8-10-18(25)11-9-15;;/h6-13,21-22H,5,14-16H2,1-4H3,(H,28,30);4-11,19-20H,12-14H2,1-3H3,(H,26,28)(H,29,30);;1H2/q;;+1;/p-1. The first-order chi connectivity index (χ1) is 31.1. The van der Waals surface area contributed by atoms with Gasteiger partial charge in [-0.1, -0.05) is 96.0 Å². The van der Waals surface area contributed by atoms with Gasteiger partial charge in [-0.2, -0.15) is 0 Å². The molecule has 68 heavy (non-hydrogen) atoms. The van der Waals surface area contributed by atoms with Crippen LogP contribution >= 0.6 is 23.2 Å². The molecule has 2 aliphatic heterocycles. The maximum atomic E-state index is 13.5. The minimum atomic E-state index is -1.16. The van der Waals surface area contributed by atoms with Crippen molar-refractivity contribution in [3.8, 4) is 0 Å². The fraction of sp³-hybridized carbons (Fsp3) is 0.400. The molecule has 15 nitrogen and oxygen atoms in total. The molecule has 4 aromatic rings. The molecule has 4 atom stereocenters. The molecule has 0 radical (unpaired) electrons. The zero-order valence-electron chi connectivity index (χ0n) is 39.7. The summed E-state index contributed by atoms with van der Waals surface area (Å²) < 4.78 is 16.3. The van der Waals surface area contributed by atoms with E-state index in [0.29, 0.717) is 16.5 Å². The molecule has 4 aromatic carbocycles. The quantitative estimate of drug-likeness (QED) is 0.104. The van der Waals surface area contributed by atoms with E-state index < -0.39 is 71.3 Å². The zero-order valence-corrected chi connectivity index (χ0v) is 41.2. The molecule has 0 fully saturated rings. The molecule has 0 bridgehead atoms. The van der Waals surface area contributed by atoms with Gasteiger partial charge in [0.25, 0.3) is 0 Å². The van der Waals surface area contributed by atoms with Gasteiger partial charge in [0.15, 0.2) is 0 Å². The molecular weight excluding hydrogens is 910 g/mol. The zero-order chi connectivity index (χ0) is 48.3. The number of ether oxygens (including phenoxy) is 3. The van der Waals surface area contributed by atoms with Crippen molar-refractivity contribution < 1.29 is 72.4 Å². The van der Waals surface area contributed by atoms with Crippen LogP contribution in [0, 0.1) is 0 Å². The predicted molar refractivity (Wildman–Crippen MR) is 252 cm³/mol. The number of nitrogens with zero attached hydrogens (tertiary/aromatic N) is 2. The van der Waals surface area contributed by atoms with E-state index in [2.05, 4.69) is 10.6 Å². The number of aliphatic carboxylic acids is 1. The summed E-state index contributed by atoms with van der Waals surface area (Å²) in [5.74, 6) is -2.67. The monoisotopic (exact) mass is 968 g/mol. The second-order valence-electron chi connectivity index (χ2n) is 18.1. The van der Waals surface area contributed by atoms with E-state index in [1.54, 1.807) is 97.0 Å². The number of hydrogen-bond donors (Lipinski definition) is 3. The summed E-state index contributed by atoms with van der Waals surface area (Å²) >= 11 is 11.9. The summed E-state index contributed by atoms with van der Waals surface area (Å²) in [5.41, 5.74) is 3.91. The van der Waals surface area contributed by atoms with Crippen LogP contribution in [0.2, 0.25) is 10.0 Å². The van der Waals surface area contributed by atoms with Crippen LogP contribution < -0.4 is 29.5 Å². The van der Waals surface area contributed by atoms with Gasteiger partial charge in [-0.05, 0) is 106 Å². The van der Waals surface area contributed by atoms with E-state index in [1.807, 2.05) is 48.5 Å². The number of carboxylic acid groups (broad SMARTS) is 1. The molecule has 18 heteroatoms. The first-order valence-corrected chi connectivity index (χ1v) is 22.5. The molecule has 0 saturated carbocycles. The molecule has 4 N–H and O–H groups in total. The number of carboxylic acids is 1. The molecule has 4 amide bonds. The fourth-order valence-electron chi connectivity index (χ4n) is 7.42. The Morgan fingerprint density at radius 2 is 0.971 bits per heavy atom. The maximum Gasteiger partial charge on any atom is 1.00 e. The Labute approximate surface area is 419 Å². The van der Waals surface area contributed by atoms with Gasteiger partial charge >= 0.3 is 43.0 Å². The van der Waals surface area contributed by atoms with E-state index in [0.717, 1.165) is 33.4 Å². The number of carbonyl (C=O) groups excluding carboxylic acids is 5. The number of rotatable bonds is 11. The maximum absolute atomic E-state index is 13.5. The molecular formula is C50H59Cl2LiN4O11. The number of halogens is 2. The summed E-state index contributed by atoms with van der Waals surface area (Å²) in [6.07, 6.45) is -0.276. The Morgan fingerprint density at radius 1 is 0.618 bits per heavy atom. The van der Waals surface area contributed by atoms with Crippen molar-refractivity contribution in [2.24, 2.45) is 0 Å².